The number of amides is 1. The fraction of sp³-hybridized carbons (Fsp3) is 0.316. The van der Waals surface area contributed by atoms with Gasteiger partial charge < -0.3 is 15.1 Å². The Hall–Kier alpha value is -2.80. The van der Waals surface area contributed by atoms with Gasteiger partial charge in [0, 0.05) is 30.9 Å². The number of oxazole rings is 1. The van der Waals surface area contributed by atoms with Crippen LogP contribution in [0.15, 0.2) is 40.9 Å². The molecule has 1 aliphatic rings. The molecule has 0 bridgehead atoms. The van der Waals surface area contributed by atoms with Gasteiger partial charge in [-0.3, -0.25) is 4.79 Å². The highest BCUT2D eigenvalue weighted by atomic mass is 19.1. The molecule has 1 aliphatic carbocycles. The number of nitrogens with zero attached hydrogens (tertiary/aromatic N) is 3. The summed E-state index contributed by atoms with van der Waals surface area (Å²) in [6.45, 7) is 0. The van der Waals surface area contributed by atoms with Crippen molar-refractivity contribution in [2.45, 2.75) is 31.3 Å². The van der Waals surface area contributed by atoms with Crippen LogP contribution in [-0.4, -0.2) is 39.9 Å². The SMILES string of the molecule is CN(C(=O)c1ccc(-c2nc3ncccc3o2)c(F)c1)[C@@H]1CC[C@H](N)C1. The molecule has 1 amide bonds. The summed E-state index contributed by atoms with van der Waals surface area (Å²) in [6.07, 6.45) is 4.15. The zero-order valence-electron chi connectivity index (χ0n) is 14.4. The first-order valence-corrected chi connectivity index (χ1v) is 8.57. The van der Waals surface area contributed by atoms with Crippen LogP contribution < -0.4 is 5.73 Å². The highest BCUT2D eigenvalue weighted by molar-refractivity contribution is 5.94. The average Bonchev–Trinajstić information content (AvgIpc) is 3.26. The number of aromatic nitrogens is 2. The van der Waals surface area contributed by atoms with Gasteiger partial charge in [0.1, 0.15) is 5.82 Å². The Kier molecular flexibility index (Phi) is 4.16. The summed E-state index contributed by atoms with van der Waals surface area (Å²) in [7, 11) is 1.74. The van der Waals surface area contributed by atoms with Crippen LogP contribution in [0.4, 0.5) is 4.39 Å². The zero-order valence-corrected chi connectivity index (χ0v) is 14.4. The van der Waals surface area contributed by atoms with E-state index in [1.54, 1.807) is 36.3 Å². The molecule has 0 unspecified atom stereocenters. The molecule has 0 spiro atoms. The van der Waals surface area contributed by atoms with E-state index in [-0.39, 0.29) is 29.4 Å². The Bertz CT molecular complexity index is 938. The van der Waals surface area contributed by atoms with Crippen LogP contribution in [0.1, 0.15) is 29.6 Å². The lowest BCUT2D eigenvalue weighted by Crippen LogP contribution is -2.36. The Morgan fingerprint density at radius 2 is 2.19 bits per heavy atom. The maximum atomic E-state index is 14.6. The number of nitrogens with two attached hydrogens (primary N) is 1. The van der Waals surface area contributed by atoms with Crippen LogP contribution in [0.25, 0.3) is 22.7 Å². The van der Waals surface area contributed by atoms with Crippen molar-refractivity contribution in [1.29, 1.82) is 0 Å². The third-order valence-electron chi connectivity index (χ3n) is 4.92. The quantitative estimate of drug-likeness (QED) is 0.781. The number of pyridine rings is 1. The molecular formula is C19H19FN4O2. The summed E-state index contributed by atoms with van der Waals surface area (Å²) in [5.74, 6) is -0.627. The van der Waals surface area contributed by atoms with E-state index in [1.807, 2.05) is 0 Å². The van der Waals surface area contributed by atoms with Gasteiger partial charge in [0.25, 0.3) is 5.91 Å². The van der Waals surface area contributed by atoms with Gasteiger partial charge in [0.05, 0.1) is 5.56 Å². The predicted octanol–water partition coefficient (Wildman–Crippen LogP) is 2.98. The second kappa shape index (κ2) is 6.49. The first-order chi connectivity index (χ1) is 12.5. The van der Waals surface area contributed by atoms with Crippen molar-refractivity contribution >= 4 is 17.1 Å². The molecule has 4 rings (SSSR count). The largest absolute Gasteiger partial charge is 0.434 e. The molecule has 26 heavy (non-hydrogen) atoms. The molecule has 1 fully saturated rings. The molecule has 0 radical (unpaired) electrons. The molecule has 6 nitrogen and oxygen atoms in total. The smallest absolute Gasteiger partial charge is 0.253 e. The highest BCUT2D eigenvalue weighted by Gasteiger charge is 2.28. The van der Waals surface area contributed by atoms with Crippen LogP contribution >= 0.6 is 0 Å². The summed E-state index contributed by atoms with van der Waals surface area (Å²) in [4.78, 5) is 22.6. The van der Waals surface area contributed by atoms with E-state index in [2.05, 4.69) is 9.97 Å². The van der Waals surface area contributed by atoms with Crippen molar-refractivity contribution in [3.05, 3.63) is 47.9 Å². The monoisotopic (exact) mass is 354 g/mol. The maximum Gasteiger partial charge on any atom is 0.253 e. The molecule has 0 saturated heterocycles. The number of benzene rings is 1. The van der Waals surface area contributed by atoms with Gasteiger partial charge in [-0.15, -0.1) is 0 Å². The molecule has 2 N–H and O–H groups in total. The fourth-order valence-corrected chi connectivity index (χ4v) is 3.42. The summed E-state index contributed by atoms with van der Waals surface area (Å²) in [5, 5.41) is 0. The van der Waals surface area contributed by atoms with Gasteiger partial charge in [-0.2, -0.15) is 4.98 Å². The highest BCUT2D eigenvalue weighted by Crippen LogP contribution is 2.27. The Morgan fingerprint density at radius 3 is 2.88 bits per heavy atom. The minimum atomic E-state index is -0.557. The second-order valence-corrected chi connectivity index (χ2v) is 6.68. The van der Waals surface area contributed by atoms with Crippen molar-refractivity contribution in [3.63, 3.8) is 0 Å². The van der Waals surface area contributed by atoms with Crippen molar-refractivity contribution < 1.29 is 13.6 Å². The van der Waals surface area contributed by atoms with E-state index in [4.69, 9.17) is 10.2 Å². The Balaban J connectivity index is 1.60. The topological polar surface area (TPSA) is 85.2 Å². The number of hydrogen-bond donors (Lipinski definition) is 1. The van der Waals surface area contributed by atoms with Crippen LogP contribution in [-0.2, 0) is 0 Å². The molecule has 2 heterocycles. The Labute approximate surface area is 149 Å². The zero-order chi connectivity index (χ0) is 18.3. The summed E-state index contributed by atoms with van der Waals surface area (Å²) in [5.41, 5.74) is 7.32. The number of hydrogen-bond acceptors (Lipinski definition) is 5. The van der Waals surface area contributed by atoms with Crippen molar-refractivity contribution in [3.8, 4) is 11.5 Å². The van der Waals surface area contributed by atoms with Crippen molar-refractivity contribution in [2.24, 2.45) is 5.73 Å². The average molecular weight is 354 g/mol. The van der Waals surface area contributed by atoms with Crippen LogP contribution in [0.2, 0.25) is 0 Å². The predicted molar refractivity (Wildman–Crippen MR) is 94.9 cm³/mol. The lowest BCUT2D eigenvalue weighted by Gasteiger charge is -2.24. The number of carbonyl (C=O) groups excluding carboxylic acids is 1. The molecule has 2 aromatic heterocycles. The van der Waals surface area contributed by atoms with Gasteiger partial charge >= 0.3 is 0 Å². The number of fused-ring (bicyclic) bond motifs is 1. The minimum absolute atomic E-state index is 0.100. The lowest BCUT2D eigenvalue weighted by molar-refractivity contribution is 0.0734. The van der Waals surface area contributed by atoms with Gasteiger partial charge in [-0.05, 0) is 49.6 Å². The van der Waals surface area contributed by atoms with E-state index in [1.165, 1.54) is 12.1 Å². The Morgan fingerprint density at radius 1 is 1.35 bits per heavy atom. The molecule has 1 saturated carbocycles. The van der Waals surface area contributed by atoms with E-state index in [9.17, 15) is 9.18 Å². The van der Waals surface area contributed by atoms with E-state index < -0.39 is 5.82 Å². The molecule has 7 heteroatoms. The van der Waals surface area contributed by atoms with Gasteiger partial charge in [0.15, 0.2) is 11.2 Å². The van der Waals surface area contributed by atoms with Crippen molar-refractivity contribution in [2.75, 3.05) is 7.05 Å². The third kappa shape index (κ3) is 2.94. The molecule has 3 aromatic rings. The van der Waals surface area contributed by atoms with Gasteiger partial charge in [-0.25, -0.2) is 9.37 Å². The minimum Gasteiger partial charge on any atom is -0.434 e. The summed E-state index contributed by atoms with van der Waals surface area (Å²) >= 11 is 0. The molecular weight excluding hydrogens is 335 g/mol. The van der Waals surface area contributed by atoms with Crippen LogP contribution in [0, 0.1) is 5.82 Å². The molecule has 134 valence electrons. The first kappa shape index (κ1) is 16.7. The molecule has 1 aromatic carbocycles. The van der Waals surface area contributed by atoms with E-state index in [0.717, 1.165) is 19.3 Å². The maximum absolute atomic E-state index is 14.6. The van der Waals surface area contributed by atoms with Gasteiger partial charge in [0.2, 0.25) is 5.89 Å². The first-order valence-electron chi connectivity index (χ1n) is 8.57. The van der Waals surface area contributed by atoms with Crippen LogP contribution in [0.3, 0.4) is 0 Å². The normalized spacial score (nSPS) is 19.8. The second-order valence-electron chi connectivity index (χ2n) is 6.68. The van der Waals surface area contributed by atoms with Crippen LogP contribution in [0.5, 0.6) is 0 Å². The third-order valence-corrected chi connectivity index (χ3v) is 4.92. The fourth-order valence-electron chi connectivity index (χ4n) is 3.42. The summed E-state index contributed by atoms with van der Waals surface area (Å²) in [6, 6.07) is 8.00. The van der Waals surface area contributed by atoms with E-state index >= 15 is 0 Å². The standard InChI is InChI=1S/C19H19FN4O2/c1-24(13-6-5-12(21)10-13)19(25)11-4-7-14(15(20)9-11)18-23-17-16(26-18)3-2-8-22-17/h2-4,7-9,12-13H,5-6,10,21H2,1H3/t12-,13+/m0/s1. The van der Waals surface area contributed by atoms with Gasteiger partial charge in [-0.1, -0.05) is 0 Å². The lowest BCUT2D eigenvalue weighted by atomic mass is 10.1. The number of rotatable bonds is 3. The number of halogens is 1. The summed E-state index contributed by atoms with van der Waals surface area (Å²) < 4.78 is 20.2. The van der Waals surface area contributed by atoms with E-state index in [0.29, 0.717) is 16.8 Å². The van der Waals surface area contributed by atoms with Crippen molar-refractivity contribution in [1.82, 2.24) is 14.9 Å². The molecule has 0 aliphatic heterocycles. The molecule has 2 atom stereocenters. The number of carbonyl (C=O) groups is 1.